The zero-order chi connectivity index (χ0) is 22.6. The monoisotopic (exact) mass is 446 g/mol. The highest BCUT2D eigenvalue weighted by atomic mass is 32.2. The van der Waals surface area contributed by atoms with Crippen LogP contribution in [0.15, 0.2) is 83.8 Å². The summed E-state index contributed by atoms with van der Waals surface area (Å²) in [6, 6.07) is 23.0. The molecule has 0 bridgehead atoms. The minimum atomic E-state index is -4.21. The van der Waals surface area contributed by atoms with Gasteiger partial charge in [0.05, 0.1) is 21.8 Å². The third-order valence-electron chi connectivity index (χ3n) is 5.28. The van der Waals surface area contributed by atoms with Crippen LogP contribution in [0.2, 0.25) is 0 Å². The first-order valence-electron chi connectivity index (χ1n) is 10.2. The van der Waals surface area contributed by atoms with Crippen LogP contribution in [0.3, 0.4) is 0 Å². The minimum Gasteiger partial charge on any atom is -0.368 e. The van der Waals surface area contributed by atoms with Gasteiger partial charge in [0, 0.05) is 31.7 Å². The number of anilines is 2. The molecular formula is C24H22N4O3S. The maximum absolute atomic E-state index is 13.5. The summed E-state index contributed by atoms with van der Waals surface area (Å²) in [5.74, 6) is -0.687. The molecule has 1 aliphatic heterocycles. The highest BCUT2D eigenvalue weighted by Gasteiger charge is 2.32. The first kappa shape index (κ1) is 21.6. The van der Waals surface area contributed by atoms with E-state index in [4.69, 9.17) is 0 Å². The molecule has 3 aromatic carbocycles. The molecule has 0 aromatic heterocycles. The van der Waals surface area contributed by atoms with Crippen LogP contribution >= 0.6 is 0 Å². The van der Waals surface area contributed by atoms with Crippen LogP contribution in [0.4, 0.5) is 11.4 Å². The second kappa shape index (κ2) is 9.22. The highest BCUT2D eigenvalue weighted by molar-refractivity contribution is 7.93. The number of hydrogen-bond acceptors (Lipinski definition) is 6. The number of piperazine rings is 1. The Balaban J connectivity index is 1.83. The molecule has 1 fully saturated rings. The standard InChI is InChI=1S/C24H22N4O3S/c25-18-20-17-21(11-12-23(20)27-15-13-26-14-16-27)28(24(29)19-7-3-1-4-8-19)32(30,31)22-9-5-2-6-10-22/h1-12,17,26H,13-16H2. The SMILES string of the molecule is N#Cc1cc(N(C(=O)c2ccccc2)S(=O)(=O)c2ccccc2)ccc1N1CCNCC1. The molecule has 32 heavy (non-hydrogen) atoms. The van der Waals surface area contributed by atoms with Crippen molar-refractivity contribution in [3.63, 3.8) is 0 Å². The zero-order valence-corrected chi connectivity index (χ0v) is 18.1. The fraction of sp³-hybridized carbons (Fsp3) is 0.167. The summed E-state index contributed by atoms with van der Waals surface area (Å²) in [5.41, 5.74) is 1.40. The van der Waals surface area contributed by atoms with E-state index >= 15 is 0 Å². The number of sulfonamides is 1. The molecule has 0 spiro atoms. The van der Waals surface area contributed by atoms with E-state index in [1.807, 2.05) is 0 Å². The Labute approximate surface area is 187 Å². The molecule has 0 atom stereocenters. The normalized spacial score (nSPS) is 13.9. The van der Waals surface area contributed by atoms with Gasteiger partial charge in [-0.3, -0.25) is 4.79 Å². The van der Waals surface area contributed by atoms with Gasteiger partial charge in [-0.2, -0.15) is 9.57 Å². The molecule has 1 N–H and O–H groups in total. The Bertz CT molecular complexity index is 1250. The van der Waals surface area contributed by atoms with Gasteiger partial charge < -0.3 is 10.2 Å². The number of benzene rings is 3. The Kier molecular flexibility index (Phi) is 6.21. The van der Waals surface area contributed by atoms with Gasteiger partial charge in [0.25, 0.3) is 15.9 Å². The minimum absolute atomic E-state index is 0.00558. The number of amides is 1. The van der Waals surface area contributed by atoms with Crippen LogP contribution in [-0.4, -0.2) is 40.5 Å². The lowest BCUT2D eigenvalue weighted by atomic mass is 10.1. The molecule has 8 heteroatoms. The maximum atomic E-state index is 13.5. The Morgan fingerprint density at radius 1 is 0.938 bits per heavy atom. The summed E-state index contributed by atoms with van der Waals surface area (Å²) in [7, 11) is -4.21. The van der Waals surface area contributed by atoms with Crippen molar-refractivity contribution < 1.29 is 13.2 Å². The van der Waals surface area contributed by atoms with Gasteiger partial charge in [-0.25, -0.2) is 8.42 Å². The summed E-state index contributed by atoms with van der Waals surface area (Å²) in [5, 5.41) is 13.1. The van der Waals surface area contributed by atoms with E-state index < -0.39 is 15.9 Å². The van der Waals surface area contributed by atoms with E-state index in [0.29, 0.717) is 5.56 Å². The van der Waals surface area contributed by atoms with Gasteiger partial charge in [0.1, 0.15) is 6.07 Å². The number of nitrogens with zero attached hydrogens (tertiary/aromatic N) is 3. The average molecular weight is 447 g/mol. The van der Waals surface area contributed by atoms with Crippen molar-refractivity contribution >= 4 is 27.3 Å². The first-order valence-corrected chi connectivity index (χ1v) is 11.7. The quantitative estimate of drug-likeness (QED) is 0.648. The molecule has 4 rings (SSSR count). The van der Waals surface area contributed by atoms with Crippen LogP contribution < -0.4 is 14.5 Å². The van der Waals surface area contributed by atoms with Crippen LogP contribution in [0, 0.1) is 11.3 Å². The molecule has 162 valence electrons. The van der Waals surface area contributed by atoms with Crippen LogP contribution in [-0.2, 0) is 10.0 Å². The molecule has 1 aliphatic rings. The predicted molar refractivity (Wildman–Crippen MR) is 123 cm³/mol. The predicted octanol–water partition coefficient (Wildman–Crippen LogP) is 3.00. The van der Waals surface area contributed by atoms with Crippen LogP contribution in [0.25, 0.3) is 0 Å². The summed E-state index contributed by atoms with van der Waals surface area (Å²) < 4.78 is 27.9. The molecule has 1 saturated heterocycles. The average Bonchev–Trinajstić information content (AvgIpc) is 2.85. The molecule has 0 aliphatic carbocycles. The number of carbonyl (C=O) groups excluding carboxylic acids is 1. The fourth-order valence-electron chi connectivity index (χ4n) is 3.68. The lowest BCUT2D eigenvalue weighted by Crippen LogP contribution is -2.44. The molecule has 0 unspecified atom stereocenters. The van der Waals surface area contributed by atoms with Crippen molar-refractivity contribution in [3.8, 4) is 6.07 Å². The van der Waals surface area contributed by atoms with Gasteiger partial charge in [0.2, 0.25) is 0 Å². The summed E-state index contributed by atoms with van der Waals surface area (Å²) in [6.45, 7) is 3.08. The number of hydrogen-bond donors (Lipinski definition) is 1. The number of nitriles is 1. The second-order valence-corrected chi connectivity index (χ2v) is 9.09. The fourth-order valence-corrected chi connectivity index (χ4v) is 5.11. The molecule has 1 amide bonds. The van der Waals surface area contributed by atoms with Crippen molar-refractivity contribution in [3.05, 3.63) is 90.0 Å². The molecule has 0 radical (unpaired) electrons. The lowest BCUT2D eigenvalue weighted by molar-refractivity contribution is 0.101. The van der Waals surface area contributed by atoms with E-state index in [0.717, 1.165) is 36.2 Å². The summed E-state index contributed by atoms with van der Waals surface area (Å²) >= 11 is 0. The topological polar surface area (TPSA) is 93.5 Å². The van der Waals surface area contributed by atoms with Crippen molar-refractivity contribution in [2.24, 2.45) is 0 Å². The van der Waals surface area contributed by atoms with Crippen LogP contribution in [0.1, 0.15) is 15.9 Å². The number of rotatable bonds is 5. The number of nitrogens with one attached hydrogen (secondary N) is 1. The molecule has 0 saturated carbocycles. The van der Waals surface area contributed by atoms with Crippen molar-refractivity contribution in [1.29, 1.82) is 5.26 Å². The summed E-state index contributed by atoms with van der Waals surface area (Å²) in [4.78, 5) is 15.5. The lowest BCUT2D eigenvalue weighted by Gasteiger charge is -2.31. The highest BCUT2D eigenvalue weighted by Crippen LogP contribution is 2.31. The van der Waals surface area contributed by atoms with Crippen molar-refractivity contribution in [2.75, 3.05) is 35.4 Å². The van der Waals surface area contributed by atoms with Crippen molar-refractivity contribution in [1.82, 2.24) is 5.32 Å². The molecule has 3 aromatic rings. The smallest absolute Gasteiger partial charge is 0.272 e. The maximum Gasteiger partial charge on any atom is 0.272 e. The second-order valence-electron chi connectivity index (χ2n) is 7.30. The van der Waals surface area contributed by atoms with Gasteiger partial charge in [-0.05, 0) is 42.5 Å². The van der Waals surface area contributed by atoms with Gasteiger partial charge in [-0.15, -0.1) is 0 Å². The number of carbonyl (C=O) groups is 1. The third kappa shape index (κ3) is 4.21. The van der Waals surface area contributed by atoms with E-state index in [2.05, 4.69) is 16.3 Å². The van der Waals surface area contributed by atoms with E-state index in [9.17, 15) is 18.5 Å². The van der Waals surface area contributed by atoms with Crippen LogP contribution in [0.5, 0.6) is 0 Å². The third-order valence-corrected chi connectivity index (χ3v) is 7.00. The zero-order valence-electron chi connectivity index (χ0n) is 17.3. The van der Waals surface area contributed by atoms with E-state index in [-0.39, 0.29) is 16.1 Å². The van der Waals surface area contributed by atoms with E-state index in [1.54, 1.807) is 60.7 Å². The Morgan fingerprint density at radius 3 is 2.19 bits per heavy atom. The Morgan fingerprint density at radius 2 is 1.56 bits per heavy atom. The van der Waals surface area contributed by atoms with Crippen molar-refractivity contribution in [2.45, 2.75) is 4.90 Å². The van der Waals surface area contributed by atoms with Gasteiger partial charge >= 0.3 is 0 Å². The molecular weight excluding hydrogens is 424 g/mol. The first-order chi connectivity index (χ1) is 15.5. The molecule has 7 nitrogen and oxygen atoms in total. The van der Waals surface area contributed by atoms with Gasteiger partial charge in [-0.1, -0.05) is 36.4 Å². The molecule has 1 heterocycles. The summed E-state index contributed by atoms with van der Waals surface area (Å²) in [6.07, 6.45) is 0. The largest absolute Gasteiger partial charge is 0.368 e. The van der Waals surface area contributed by atoms with E-state index in [1.165, 1.54) is 18.2 Å². The van der Waals surface area contributed by atoms with Gasteiger partial charge in [0.15, 0.2) is 0 Å². The Hall–Kier alpha value is -3.67.